The van der Waals surface area contributed by atoms with Gasteiger partial charge in [0.05, 0.1) is 16.7 Å². The number of rotatable bonds is 1. The Bertz CT molecular complexity index is 1270. The molecule has 5 rings (SSSR count). The number of fused-ring (bicyclic) bond motifs is 4. The molecule has 0 saturated carbocycles. The summed E-state index contributed by atoms with van der Waals surface area (Å²) in [7, 11) is 0. The third kappa shape index (κ3) is 2.41. The molecule has 120 valence electrons. The van der Waals surface area contributed by atoms with Crippen LogP contribution in [0.15, 0.2) is 83.3 Å². The summed E-state index contributed by atoms with van der Waals surface area (Å²) in [5.74, 6) is 0. The quantitative estimate of drug-likeness (QED) is 0.214. The van der Waals surface area contributed by atoms with Gasteiger partial charge >= 0.3 is 0 Å². The predicted molar refractivity (Wildman–Crippen MR) is 119 cm³/mol. The first kappa shape index (κ1) is 15.4. The van der Waals surface area contributed by atoms with Crippen molar-refractivity contribution in [1.29, 1.82) is 0 Å². The summed E-state index contributed by atoms with van der Waals surface area (Å²) >= 11 is 6.02. The van der Waals surface area contributed by atoms with Crippen LogP contribution in [0.1, 0.15) is 0 Å². The fraction of sp³-hybridized carbons (Fsp3) is 0. The lowest BCUT2D eigenvalue weighted by Crippen LogP contribution is -1.96. The van der Waals surface area contributed by atoms with E-state index < -0.39 is 0 Å². The van der Waals surface area contributed by atoms with Gasteiger partial charge in [0.1, 0.15) is 0 Å². The van der Waals surface area contributed by atoms with Crippen molar-refractivity contribution in [2.24, 2.45) is 0 Å². The zero-order valence-electron chi connectivity index (χ0n) is 13.2. The maximum atomic E-state index is 3.60. The normalized spacial score (nSPS) is 11.6. The molecule has 0 aliphatic rings. The van der Waals surface area contributed by atoms with Crippen LogP contribution >= 0.6 is 38.5 Å². The number of halogens is 2. The van der Waals surface area contributed by atoms with E-state index in [4.69, 9.17) is 0 Å². The van der Waals surface area contributed by atoms with Crippen LogP contribution in [0.4, 0.5) is 0 Å². The van der Waals surface area contributed by atoms with Crippen molar-refractivity contribution in [3.05, 3.63) is 86.9 Å². The smallest absolute Gasteiger partial charge is 0.0595 e. The molecule has 0 atom stereocenters. The topological polar surface area (TPSA) is 4.93 Å². The highest BCUT2D eigenvalue weighted by molar-refractivity contribution is 14.1. The molecule has 5 aromatic rings. The van der Waals surface area contributed by atoms with Crippen molar-refractivity contribution in [2.45, 2.75) is 0 Å². The van der Waals surface area contributed by atoms with Crippen molar-refractivity contribution < 1.29 is 0 Å². The van der Waals surface area contributed by atoms with Gasteiger partial charge in [0.2, 0.25) is 0 Å². The summed E-state index contributed by atoms with van der Waals surface area (Å²) < 4.78 is 4.74. The minimum absolute atomic E-state index is 1.11. The fourth-order valence-corrected chi connectivity index (χ4v) is 4.58. The molecule has 1 aromatic heterocycles. The van der Waals surface area contributed by atoms with Crippen molar-refractivity contribution in [3.8, 4) is 5.69 Å². The summed E-state index contributed by atoms with van der Waals surface area (Å²) in [4.78, 5) is 0. The van der Waals surface area contributed by atoms with E-state index in [-0.39, 0.29) is 0 Å². The van der Waals surface area contributed by atoms with E-state index in [1.807, 2.05) is 0 Å². The summed E-state index contributed by atoms with van der Waals surface area (Å²) in [5, 5.41) is 5.10. The highest BCUT2D eigenvalue weighted by Gasteiger charge is 2.14. The van der Waals surface area contributed by atoms with Crippen LogP contribution in [0.3, 0.4) is 0 Å². The average molecular weight is 498 g/mol. The van der Waals surface area contributed by atoms with E-state index in [2.05, 4.69) is 122 Å². The van der Waals surface area contributed by atoms with Gasteiger partial charge < -0.3 is 4.57 Å². The number of hydrogen-bond donors (Lipinski definition) is 0. The maximum absolute atomic E-state index is 3.60. The molecule has 0 N–H and O–H groups in total. The van der Waals surface area contributed by atoms with E-state index in [0.717, 1.165) is 4.47 Å². The van der Waals surface area contributed by atoms with Gasteiger partial charge in [-0.2, -0.15) is 0 Å². The van der Waals surface area contributed by atoms with Gasteiger partial charge in [-0.15, -0.1) is 0 Å². The van der Waals surface area contributed by atoms with Gasteiger partial charge in [-0.05, 0) is 75.8 Å². The Balaban J connectivity index is 2.02. The molecule has 25 heavy (non-hydrogen) atoms. The largest absolute Gasteiger partial charge is 0.308 e. The van der Waals surface area contributed by atoms with E-state index >= 15 is 0 Å². The third-order valence-corrected chi connectivity index (χ3v) is 6.09. The summed E-state index contributed by atoms with van der Waals surface area (Å²) in [6.07, 6.45) is 0. The minimum atomic E-state index is 1.11. The molecule has 0 saturated heterocycles. The lowest BCUT2D eigenvalue weighted by Gasteiger charge is -2.10. The van der Waals surface area contributed by atoms with E-state index in [9.17, 15) is 0 Å². The summed E-state index contributed by atoms with van der Waals surface area (Å²) in [5.41, 5.74) is 3.72. The van der Waals surface area contributed by atoms with Crippen molar-refractivity contribution in [2.75, 3.05) is 0 Å². The first-order valence-electron chi connectivity index (χ1n) is 8.10. The summed E-state index contributed by atoms with van der Waals surface area (Å²) in [6, 6.07) is 28.3. The SMILES string of the molecule is Brc1ccc2cc3c4ccccc4n(-c4ccccc4I)c3cc2c1. The molecule has 0 amide bonds. The van der Waals surface area contributed by atoms with Crippen LogP contribution in [0, 0.1) is 3.57 Å². The first-order chi connectivity index (χ1) is 12.2. The molecule has 0 radical (unpaired) electrons. The zero-order chi connectivity index (χ0) is 17.0. The number of benzene rings is 4. The lowest BCUT2D eigenvalue weighted by molar-refractivity contribution is 1.17. The van der Waals surface area contributed by atoms with Crippen LogP contribution in [0.25, 0.3) is 38.3 Å². The Morgan fingerprint density at radius 2 is 1.48 bits per heavy atom. The van der Waals surface area contributed by atoms with Gasteiger partial charge in [0.25, 0.3) is 0 Å². The molecule has 0 unspecified atom stereocenters. The van der Waals surface area contributed by atoms with Crippen LogP contribution in [-0.4, -0.2) is 4.57 Å². The Labute approximate surface area is 167 Å². The second-order valence-electron chi connectivity index (χ2n) is 6.16. The first-order valence-corrected chi connectivity index (χ1v) is 9.97. The highest BCUT2D eigenvalue weighted by atomic mass is 127. The fourth-order valence-electron chi connectivity index (χ4n) is 3.58. The van der Waals surface area contributed by atoms with Crippen molar-refractivity contribution >= 4 is 71.1 Å². The zero-order valence-corrected chi connectivity index (χ0v) is 17.0. The van der Waals surface area contributed by atoms with Crippen LogP contribution in [0.2, 0.25) is 0 Å². The lowest BCUT2D eigenvalue weighted by atomic mass is 10.1. The number of hydrogen-bond acceptors (Lipinski definition) is 0. The van der Waals surface area contributed by atoms with Crippen LogP contribution in [-0.2, 0) is 0 Å². The molecule has 0 aliphatic heterocycles. The van der Waals surface area contributed by atoms with Crippen molar-refractivity contribution in [1.82, 2.24) is 4.57 Å². The van der Waals surface area contributed by atoms with E-state index in [0.29, 0.717) is 0 Å². The summed E-state index contributed by atoms with van der Waals surface area (Å²) in [6.45, 7) is 0. The molecule has 0 bridgehead atoms. The second-order valence-corrected chi connectivity index (χ2v) is 8.24. The highest BCUT2D eigenvalue weighted by Crippen LogP contribution is 2.36. The molecule has 0 aliphatic carbocycles. The molecule has 1 heterocycles. The van der Waals surface area contributed by atoms with Crippen LogP contribution < -0.4 is 0 Å². The molecule has 1 nitrogen and oxygen atoms in total. The predicted octanol–water partition coefficient (Wildman–Crippen LogP) is 7.30. The standard InChI is InChI=1S/C22H13BrIN/c23-16-10-9-14-12-18-17-5-1-3-7-20(17)25(22(18)13-15(14)11-16)21-8-4-2-6-19(21)24/h1-13H. The van der Waals surface area contributed by atoms with Gasteiger partial charge in [0, 0.05) is 18.8 Å². The number of nitrogens with zero attached hydrogens (tertiary/aromatic N) is 1. The van der Waals surface area contributed by atoms with Gasteiger partial charge in [-0.1, -0.05) is 52.3 Å². The van der Waals surface area contributed by atoms with E-state index in [1.165, 1.54) is 41.8 Å². The molecule has 3 heteroatoms. The van der Waals surface area contributed by atoms with Crippen LogP contribution in [0.5, 0.6) is 0 Å². The second kappa shape index (κ2) is 5.85. The molecule has 0 spiro atoms. The average Bonchev–Trinajstić information content (AvgIpc) is 2.94. The number of para-hydroxylation sites is 2. The Morgan fingerprint density at radius 3 is 2.36 bits per heavy atom. The number of aromatic nitrogens is 1. The monoisotopic (exact) mass is 497 g/mol. The molecule has 4 aromatic carbocycles. The third-order valence-electron chi connectivity index (χ3n) is 4.69. The van der Waals surface area contributed by atoms with Gasteiger partial charge in [-0.25, -0.2) is 0 Å². The Morgan fingerprint density at radius 1 is 0.680 bits per heavy atom. The maximum Gasteiger partial charge on any atom is 0.0595 e. The molecule has 0 fully saturated rings. The Kier molecular flexibility index (Phi) is 3.61. The molecular formula is C22H13BrIN. The van der Waals surface area contributed by atoms with Gasteiger partial charge in [-0.3, -0.25) is 0 Å². The van der Waals surface area contributed by atoms with E-state index in [1.54, 1.807) is 0 Å². The minimum Gasteiger partial charge on any atom is -0.308 e. The van der Waals surface area contributed by atoms with Gasteiger partial charge in [0.15, 0.2) is 0 Å². The molecular weight excluding hydrogens is 485 g/mol. The van der Waals surface area contributed by atoms with Crippen molar-refractivity contribution in [3.63, 3.8) is 0 Å². The Hall–Kier alpha value is -1.85.